The quantitative estimate of drug-likeness (QED) is 0.549. The summed E-state index contributed by atoms with van der Waals surface area (Å²) in [6, 6.07) is 14.6. The van der Waals surface area contributed by atoms with Gasteiger partial charge < -0.3 is 13.9 Å². The first-order valence-electron chi connectivity index (χ1n) is 11.3. The third-order valence-electron chi connectivity index (χ3n) is 6.78. The molecule has 5 heteroatoms. The van der Waals surface area contributed by atoms with Crippen molar-refractivity contribution >= 4 is 11.0 Å². The molecule has 0 amide bonds. The molecule has 2 aliphatic rings. The van der Waals surface area contributed by atoms with Crippen LogP contribution in [-0.2, 0) is 12.8 Å². The van der Waals surface area contributed by atoms with Crippen LogP contribution in [0.4, 0.5) is 0 Å². The molecule has 0 atom stereocenters. The van der Waals surface area contributed by atoms with E-state index in [9.17, 15) is 4.79 Å². The molecule has 0 spiro atoms. The molecule has 31 heavy (non-hydrogen) atoms. The second-order valence-corrected chi connectivity index (χ2v) is 8.57. The Balaban J connectivity index is 1.24. The number of ether oxygens (including phenoxy) is 2. The minimum Gasteiger partial charge on any atom is -0.493 e. The van der Waals surface area contributed by atoms with Crippen LogP contribution in [0.3, 0.4) is 0 Å². The number of methoxy groups -OCH3 is 1. The van der Waals surface area contributed by atoms with Gasteiger partial charge in [-0.05, 0) is 68.3 Å². The van der Waals surface area contributed by atoms with Gasteiger partial charge in [0.2, 0.25) is 0 Å². The van der Waals surface area contributed by atoms with Gasteiger partial charge in [-0.15, -0.1) is 0 Å². The van der Waals surface area contributed by atoms with Crippen molar-refractivity contribution in [2.24, 2.45) is 0 Å². The summed E-state index contributed by atoms with van der Waals surface area (Å²) >= 11 is 0. The summed E-state index contributed by atoms with van der Waals surface area (Å²) in [7, 11) is 1.62. The molecule has 0 unspecified atom stereocenters. The van der Waals surface area contributed by atoms with Gasteiger partial charge in [-0.25, -0.2) is 4.79 Å². The summed E-state index contributed by atoms with van der Waals surface area (Å²) in [6.45, 7) is 3.69. The van der Waals surface area contributed by atoms with Crippen molar-refractivity contribution in [2.75, 3.05) is 33.4 Å². The molecule has 1 saturated heterocycles. The average Bonchev–Trinajstić information content (AvgIpc) is 3.31. The van der Waals surface area contributed by atoms with Gasteiger partial charge in [0.15, 0.2) is 11.5 Å². The number of hydrogen-bond acceptors (Lipinski definition) is 5. The Labute approximate surface area is 182 Å². The van der Waals surface area contributed by atoms with Gasteiger partial charge in [-0.3, -0.25) is 4.90 Å². The third-order valence-corrected chi connectivity index (χ3v) is 6.78. The van der Waals surface area contributed by atoms with Crippen LogP contribution in [0.1, 0.15) is 41.9 Å². The van der Waals surface area contributed by atoms with E-state index in [4.69, 9.17) is 13.9 Å². The molecule has 0 radical (unpaired) electrons. The minimum absolute atomic E-state index is 0.213. The van der Waals surface area contributed by atoms with Crippen LogP contribution < -0.4 is 15.1 Å². The monoisotopic (exact) mass is 419 g/mol. The second-order valence-electron chi connectivity index (χ2n) is 8.57. The van der Waals surface area contributed by atoms with Crippen molar-refractivity contribution in [3.63, 3.8) is 0 Å². The van der Waals surface area contributed by atoms with Crippen LogP contribution >= 0.6 is 0 Å². The van der Waals surface area contributed by atoms with Gasteiger partial charge in [-0.2, -0.15) is 0 Å². The predicted octanol–water partition coefficient (Wildman–Crippen LogP) is 4.55. The number of aryl methyl sites for hydroxylation is 1. The van der Waals surface area contributed by atoms with Crippen LogP contribution in [0.5, 0.6) is 11.5 Å². The molecule has 0 N–H and O–H groups in total. The molecule has 2 aromatic carbocycles. The Kier molecular flexibility index (Phi) is 5.68. The van der Waals surface area contributed by atoms with Crippen LogP contribution in [0.15, 0.2) is 51.7 Å². The maximum Gasteiger partial charge on any atom is 0.339 e. The molecule has 2 heterocycles. The lowest BCUT2D eigenvalue weighted by atomic mass is 9.89. The van der Waals surface area contributed by atoms with E-state index in [0.717, 1.165) is 61.2 Å². The van der Waals surface area contributed by atoms with E-state index in [2.05, 4.69) is 35.2 Å². The van der Waals surface area contributed by atoms with Crippen LogP contribution in [-0.4, -0.2) is 38.3 Å². The molecule has 1 aliphatic carbocycles. The summed E-state index contributed by atoms with van der Waals surface area (Å²) < 4.78 is 17.2. The zero-order valence-electron chi connectivity index (χ0n) is 18.1. The van der Waals surface area contributed by atoms with Crippen molar-refractivity contribution in [3.05, 3.63) is 69.6 Å². The highest BCUT2D eigenvalue weighted by Gasteiger charge is 2.22. The van der Waals surface area contributed by atoms with Crippen LogP contribution in [0, 0.1) is 0 Å². The average molecular weight is 420 g/mol. The van der Waals surface area contributed by atoms with Crippen molar-refractivity contribution in [3.8, 4) is 11.5 Å². The fourth-order valence-electron chi connectivity index (χ4n) is 5.06. The molecule has 3 aromatic rings. The first kappa shape index (κ1) is 20.1. The Morgan fingerprint density at radius 2 is 1.81 bits per heavy atom. The number of fused-ring (bicyclic) bond motifs is 3. The number of hydrogen-bond donors (Lipinski definition) is 0. The van der Waals surface area contributed by atoms with Crippen LogP contribution in [0.25, 0.3) is 11.0 Å². The van der Waals surface area contributed by atoms with Gasteiger partial charge in [-0.1, -0.05) is 30.3 Å². The number of benzene rings is 2. The zero-order chi connectivity index (χ0) is 21.2. The Morgan fingerprint density at radius 1 is 1.03 bits per heavy atom. The van der Waals surface area contributed by atoms with E-state index in [1.165, 1.54) is 18.4 Å². The van der Waals surface area contributed by atoms with Gasteiger partial charge in [0.05, 0.1) is 7.11 Å². The highest BCUT2D eigenvalue weighted by molar-refractivity contribution is 5.85. The van der Waals surface area contributed by atoms with E-state index < -0.39 is 0 Å². The van der Waals surface area contributed by atoms with Crippen molar-refractivity contribution in [2.45, 2.75) is 38.0 Å². The number of nitrogens with zero attached hydrogens (tertiary/aromatic N) is 1. The van der Waals surface area contributed by atoms with Gasteiger partial charge in [0.25, 0.3) is 0 Å². The minimum atomic E-state index is -0.213. The molecular formula is C26H29NO4. The first-order chi connectivity index (χ1) is 15.2. The molecule has 1 fully saturated rings. The summed E-state index contributed by atoms with van der Waals surface area (Å²) in [5.41, 5.74) is 3.76. The molecule has 5 rings (SSSR count). The molecule has 5 nitrogen and oxygen atoms in total. The SMILES string of the molecule is COc1cc2oc(=O)c3c(c2cc1OCCN1CCC(c2ccccc2)CC1)CCC3. The molecule has 0 saturated carbocycles. The first-order valence-corrected chi connectivity index (χ1v) is 11.3. The van der Waals surface area contributed by atoms with E-state index in [0.29, 0.717) is 23.9 Å². The zero-order valence-corrected chi connectivity index (χ0v) is 18.1. The Morgan fingerprint density at radius 3 is 2.58 bits per heavy atom. The third kappa shape index (κ3) is 4.07. The standard InChI is InChI=1S/C26H29NO4/c1-29-24-17-23-22(20-8-5-9-21(20)26(28)31-23)16-25(24)30-15-14-27-12-10-19(11-13-27)18-6-3-2-4-7-18/h2-4,6-7,16-17,19H,5,8-15H2,1H3. The highest BCUT2D eigenvalue weighted by Crippen LogP contribution is 2.36. The van der Waals surface area contributed by atoms with Crippen molar-refractivity contribution in [1.82, 2.24) is 4.90 Å². The van der Waals surface area contributed by atoms with Crippen LogP contribution in [0.2, 0.25) is 0 Å². The summed E-state index contributed by atoms with van der Waals surface area (Å²) in [5.74, 6) is 1.99. The molecule has 0 bridgehead atoms. The number of rotatable bonds is 6. The number of likely N-dealkylation sites (tertiary alicyclic amines) is 1. The van der Waals surface area contributed by atoms with E-state index in [-0.39, 0.29) is 5.63 Å². The lowest BCUT2D eigenvalue weighted by Gasteiger charge is -2.32. The van der Waals surface area contributed by atoms with E-state index in [1.54, 1.807) is 13.2 Å². The predicted molar refractivity (Wildman–Crippen MR) is 121 cm³/mol. The van der Waals surface area contributed by atoms with Gasteiger partial charge in [0.1, 0.15) is 12.2 Å². The summed E-state index contributed by atoms with van der Waals surface area (Å²) in [4.78, 5) is 14.7. The van der Waals surface area contributed by atoms with E-state index >= 15 is 0 Å². The molecular weight excluding hydrogens is 390 g/mol. The Bertz CT molecular complexity index is 1110. The van der Waals surface area contributed by atoms with Gasteiger partial charge in [0, 0.05) is 23.6 Å². The smallest absolute Gasteiger partial charge is 0.339 e. The maximum absolute atomic E-state index is 12.2. The normalized spacial score (nSPS) is 17.1. The molecule has 162 valence electrons. The molecule has 1 aliphatic heterocycles. The topological polar surface area (TPSA) is 51.9 Å². The largest absolute Gasteiger partial charge is 0.493 e. The summed E-state index contributed by atoms with van der Waals surface area (Å²) in [5, 5.41) is 0.978. The number of piperidine rings is 1. The Hall–Kier alpha value is -2.79. The second kappa shape index (κ2) is 8.75. The fourth-order valence-corrected chi connectivity index (χ4v) is 5.06. The van der Waals surface area contributed by atoms with Crippen molar-refractivity contribution < 1.29 is 13.9 Å². The van der Waals surface area contributed by atoms with Gasteiger partial charge >= 0.3 is 5.63 Å². The van der Waals surface area contributed by atoms with E-state index in [1.807, 2.05) is 6.07 Å². The fraction of sp³-hybridized carbons (Fsp3) is 0.423. The van der Waals surface area contributed by atoms with Crippen molar-refractivity contribution in [1.29, 1.82) is 0 Å². The molecule has 1 aromatic heterocycles. The highest BCUT2D eigenvalue weighted by atomic mass is 16.5. The lowest BCUT2D eigenvalue weighted by molar-refractivity contribution is 0.171. The lowest BCUT2D eigenvalue weighted by Crippen LogP contribution is -2.35. The summed E-state index contributed by atoms with van der Waals surface area (Å²) in [6.07, 6.45) is 5.09. The maximum atomic E-state index is 12.2.